The van der Waals surface area contributed by atoms with Crippen molar-refractivity contribution in [3.8, 4) is 0 Å². The van der Waals surface area contributed by atoms with Crippen LogP contribution in [0.25, 0.3) is 0 Å². The first-order valence-corrected chi connectivity index (χ1v) is 6.80. The van der Waals surface area contributed by atoms with Gasteiger partial charge in [0.05, 0.1) is 25.3 Å². The molecule has 3 fully saturated rings. The molecule has 96 valence electrons. The van der Waals surface area contributed by atoms with Gasteiger partial charge in [-0.15, -0.1) is 0 Å². The van der Waals surface area contributed by atoms with Crippen molar-refractivity contribution < 1.29 is 14.3 Å². The number of ether oxygens (including phenoxy) is 2. The van der Waals surface area contributed by atoms with Gasteiger partial charge in [0.25, 0.3) is 0 Å². The van der Waals surface area contributed by atoms with E-state index >= 15 is 0 Å². The Balaban J connectivity index is 1.66. The first kappa shape index (κ1) is 11.3. The molecule has 3 rings (SSSR count). The van der Waals surface area contributed by atoms with E-state index in [1.165, 1.54) is 6.42 Å². The summed E-state index contributed by atoms with van der Waals surface area (Å²) in [5.41, 5.74) is 0. The SMILES string of the molecule is CC1CC2COCC(C1)N2C(=O)OC1CCC1. The maximum Gasteiger partial charge on any atom is 0.410 e. The van der Waals surface area contributed by atoms with Gasteiger partial charge in [0, 0.05) is 0 Å². The zero-order valence-corrected chi connectivity index (χ0v) is 10.4. The van der Waals surface area contributed by atoms with Gasteiger partial charge in [-0.2, -0.15) is 0 Å². The van der Waals surface area contributed by atoms with Crippen LogP contribution in [0.2, 0.25) is 0 Å². The van der Waals surface area contributed by atoms with Crippen molar-refractivity contribution in [2.75, 3.05) is 13.2 Å². The summed E-state index contributed by atoms with van der Waals surface area (Å²) >= 11 is 0. The predicted molar refractivity (Wildman–Crippen MR) is 62.8 cm³/mol. The minimum Gasteiger partial charge on any atom is -0.446 e. The molecule has 0 aromatic rings. The Kier molecular flexibility index (Phi) is 2.99. The average molecular weight is 239 g/mol. The third kappa shape index (κ3) is 2.15. The molecule has 2 atom stereocenters. The maximum atomic E-state index is 12.2. The van der Waals surface area contributed by atoms with Crippen LogP contribution in [0.4, 0.5) is 4.79 Å². The average Bonchev–Trinajstić information content (AvgIpc) is 2.21. The molecule has 1 aliphatic carbocycles. The lowest BCUT2D eigenvalue weighted by molar-refractivity contribution is -0.0861. The van der Waals surface area contributed by atoms with Gasteiger partial charge < -0.3 is 9.47 Å². The summed E-state index contributed by atoms with van der Waals surface area (Å²) in [4.78, 5) is 14.1. The van der Waals surface area contributed by atoms with E-state index in [0.717, 1.165) is 25.7 Å². The molecular weight excluding hydrogens is 218 g/mol. The van der Waals surface area contributed by atoms with Gasteiger partial charge in [-0.25, -0.2) is 4.79 Å². The van der Waals surface area contributed by atoms with Crippen LogP contribution in [0.15, 0.2) is 0 Å². The van der Waals surface area contributed by atoms with Crippen molar-refractivity contribution in [1.82, 2.24) is 4.90 Å². The lowest BCUT2D eigenvalue weighted by Crippen LogP contribution is -2.59. The lowest BCUT2D eigenvalue weighted by Gasteiger charge is -2.47. The molecule has 2 heterocycles. The minimum absolute atomic E-state index is 0.0973. The first-order valence-electron chi connectivity index (χ1n) is 6.80. The Hall–Kier alpha value is -0.770. The van der Waals surface area contributed by atoms with Crippen molar-refractivity contribution in [3.05, 3.63) is 0 Å². The van der Waals surface area contributed by atoms with Crippen molar-refractivity contribution in [1.29, 1.82) is 0 Å². The Morgan fingerprint density at radius 1 is 1.24 bits per heavy atom. The van der Waals surface area contributed by atoms with Gasteiger partial charge in [-0.05, 0) is 38.0 Å². The number of morpholine rings is 1. The number of piperidine rings is 1. The fourth-order valence-corrected chi connectivity index (χ4v) is 3.18. The van der Waals surface area contributed by atoms with Crippen LogP contribution in [0.5, 0.6) is 0 Å². The number of fused-ring (bicyclic) bond motifs is 2. The molecule has 2 saturated heterocycles. The first-order chi connectivity index (χ1) is 8.24. The van der Waals surface area contributed by atoms with Crippen LogP contribution in [0, 0.1) is 5.92 Å². The van der Waals surface area contributed by atoms with E-state index in [2.05, 4.69) is 6.92 Å². The highest BCUT2D eigenvalue weighted by molar-refractivity contribution is 5.69. The van der Waals surface area contributed by atoms with E-state index in [-0.39, 0.29) is 24.3 Å². The van der Waals surface area contributed by atoms with Crippen molar-refractivity contribution in [2.45, 2.75) is 57.2 Å². The van der Waals surface area contributed by atoms with Crippen molar-refractivity contribution in [3.63, 3.8) is 0 Å². The topological polar surface area (TPSA) is 38.8 Å². The number of nitrogens with zero attached hydrogens (tertiary/aromatic N) is 1. The zero-order valence-electron chi connectivity index (χ0n) is 10.4. The Morgan fingerprint density at radius 2 is 1.88 bits per heavy atom. The Labute approximate surface area is 102 Å². The summed E-state index contributed by atoms with van der Waals surface area (Å²) in [5.74, 6) is 0.696. The van der Waals surface area contributed by atoms with Gasteiger partial charge in [0.15, 0.2) is 0 Å². The highest BCUT2D eigenvalue weighted by Gasteiger charge is 2.42. The second-order valence-electron chi connectivity index (χ2n) is 5.77. The number of hydrogen-bond donors (Lipinski definition) is 0. The highest BCUT2D eigenvalue weighted by Crippen LogP contribution is 2.33. The van der Waals surface area contributed by atoms with Gasteiger partial charge in [0.2, 0.25) is 0 Å². The van der Waals surface area contributed by atoms with Crippen molar-refractivity contribution >= 4 is 6.09 Å². The Morgan fingerprint density at radius 3 is 2.41 bits per heavy atom. The molecule has 0 radical (unpaired) electrons. The molecule has 4 nitrogen and oxygen atoms in total. The molecule has 3 aliphatic rings. The zero-order chi connectivity index (χ0) is 11.8. The van der Waals surface area contributed by atoms with Crippen LogP contribution in [-0.4, -0.2) is 42.4 Å². The molecule has 2 unspecified atom stereocenters. The van der Waals surface area contributed by atoms with E-state index in [1.54, 1.807) is 0 Å². The summed E-state index contributed by atoms with van der Waals surface area (Å²) in [5, 5.41) is 0. The lowest BCUT2D eigenvalue weighted by atomic mass is 9.86. The summed E-state index contributed by atoms with van der Waals surface area (Å²) in [7, 11) is 0. The van der Waals surface area contributed by atoms with Crippen LogP contribution in [0.3, 0.4) is 0 Å². The normalized spacial score (nSPS) is 37.5. The summed E-state index contributed by atoms with van der Waals surface area (Å²) in [6.45, 7) is 3.63. The molecule has 1 amide bonds. The molecule has 0 spiro atoms. The molecule has 0 aromatic carbocycles. The summed E-state index contributed by atoms with van der Waals surface area (Å²) < 4.78 is 11.1. The number of rotatable bonds is 1. The second-order valence-corrected chi connectivity index (χ2v) is 5.77. The third-order valence-corrected chi connectivity index (χ3v) is 4.29. The number of amides is 1. The van der Waals surface area contributed by atoms with Crippen LogP contribution < -0.4 is 0 Å². The largest absolute Gasteiger partial charge is 0.446 e. The third-order valence-electron chi connectivity index (χ3n) is 4.29. The molecule has 17 heavy (non-hydrogen) atoms. The molecular formula is C13H21NO3. The monoisotopic (exact) mass is 239 g/mol. The Bertz CT molecular complexity index is 289. The maximum absolute atomic E-state index is 12.2. The quantitative estimate of drug-likeness (QED) is 0.704. The molecule has 0 N–H and O–H groups in total. The fourth-order valence-electron chi connectivity index (χ4n) is 3.18. The number of carbonyl (C=O) groups is 1. The molecule has 2 aliphatic heterocycles. The van der Waals surface area contributed by atoms with E-state index in [4.69, 9.17) is 9.47 Å². The van der Waals surface area contributed by atoms with Crippen molar-refractivity contribution in [2.24, 2.45) is 5.92 Å². The van der Waals surface area contributed by atoms with Crippen LogP contribution >= 0.6 is 0 Å². The van der Waals surface area contributed by atoms with E-state index in [0.29, 0.717) is 19.1 Å². The standard InChI is InChI=1S/C13H21NO3/c1-9-5-10-7-16-8-11(6-9)14(10)13(15)17-12-3-2-4-12/h9-12H,2-8H2,1H3. The van der Waals surface area contributed by atoms with E-state index < -0.39 is 0 Å². The van der Waals surface area contributed by atoms with Crippen LogP contribution in [0.1, 0.15) is 39.0 Å². The summed E-state index contributed by atoms with van der Waals surface area (Å²) in [6, 6.07) is 0.482. The molecule has 2 bridgehead atoms. The number of hydrogen-bond acceptors (Lipinski definition) is 3. The van der Waals surface area contributed by atoms with Gasteiger partial charge in [-0.3, -0.25) is 4.90 Å². The van der Waals surface area contributed by atoms with E-state index in [9.17, 15) is 4.79 Å². The van der Waals surface area contributed by atoms with Gasteiger partial charge in [0.1, 0.15) is 6.10 Å². The van der Waals surface area contributed by atoms with Crippen LogP contribution in [-0.2, 0) is 9.47 Å². The summed E-state index contributed by atoms with van der Waals surface area (Å²) in [6.07, 6.45) is 5.48. The van der Waals surface area contributed by atoms with Gasteiger partial charge >= 0.3 is 6.09 Å². The molecule has 0 aromatic heterocycles. The minimum atomic E-state index is -0.0973. The molecule has 4 heteroatoms. The number of carbonyl (C=O) groups excluding carboxylic acids is 1. The fraction of sp³-hybridized carbons (Fsp3) is 0.923. The van der Waals surface area contributed by atoms with Gasteiger partial charge in [-0.1, -0.05) is 6.92 Å². The predicted octanol–water partition coefficient (Wildman–Crippen LogP) is 2.17. The second kappa shape index (κ2) is 4.48. The molecule has 1 saturated carbocycles. The van der Waals surface area contributed by atoms with E-state index in [1.807, 2.05) is 4.90 Å². The highest BCUT2D eigenvalue weighted by atomic mass is 16.6. The smallest absolute Gasteiger partial charge is 0.410 e.